The summed E-state index contributed by atoms with van der Waals surface area (Å²) >= 11 is 0. The van der Waals surface area contributed by atoms with Crippen LogP contribution in [0.3, 0.4) is 0 Å². The highest BCUT2D eigenvalue weighted by Crippen LogP contribution is 2.44. The molecular formula is C21H29N3O. The molecule has 1 aromatic heterocycles. The van der Waals surface area contributed by atoms with Gasteiger partial charge >= 0.3 is 0 Å². The summed E-state index contributed by atoms with van der Waals surface area (Å²) in [5.41, 5.74) is 2.22. The van der Waals surface area contributed by atoms with E-state index >= 15 is 0 Å². The highest BCUT2D eigenvalue weighted by Gasteiger charge is 2.44. The molecule has 134 valence electrons. The fourth-order valence-electron chi connectivity index (χ4n) is 5.87. The Hall–Kier alpha value is -1.39. The van der Waals surface area contributed by atoms with Gasteiger partial charge in [0.15, 0.2) is 0 Å². The Kier molecular flexibility index (Phi) is 3.86. The molecule has 0 unspecified atom stereocenters. The molecule has 4 heteroatoms. The van der Waals surface area contributed by atoms with E-state index < -0.39 is 0 Å². The van der Waals surface area contributed by atoms with Crippen LogP contribution in [0.2, 0.25) is 0 Å². The fourth-order valence-corrected chi connectivity index (χ4v) is 5.87. The van der Waals surface area contributed by atoms with Crippen molar-refractivity contribution in [1.29, 1.82) is 0 Å². The van der Waals surface area contributed by atoms with Crippen molar-refractivity contribution in [2.75, 3.05) is 13.1 Å². The number of likely N-dealkylation sites (tertiary alicyclic amines) is 1. The number of aliphatic hydroxyl groups is 1. The van der Waals surface area contributed by atoms with Crippen molar-refractivity contribution in [3.63, 3.8) is 0 Å². The number of aliphatic hydroxyl groups excluding tert-OH is 1. The molecule has 3 fully saturated rings. The molecule has 25 heavy (non-hydrogen) atoms. The number of aromatic nitrogens is 2. The summed E-state index contributed by atoms with van der Waals surface area (Å²) in [5.74, 6) is 2.45. The Morgan fingerprint density at radius 2 is 1.76 bits per heavy atom. The summed E-state index contributed by atoms with van der Waals surface area (Å²) in [5, 5.41) is 11.0. The fraction of sp³-hybridized carbons (Fsp3) is 0.667. The first-order valence-corrected chi connectivity index (χ1v) is 10.1. The number of hydrogen-bond acceptors (Lipinski definition) is 3. The van der Waals surface area contributed by atoms with Crippen molar-refractivity contribution >= 4 is 11.0 Å². The Labute approximate surface area is 149 Å². The Morgan fingerprint density at radius 3 is 2.56 bits per heavy atom. The lowest BCUT2D eigenvalue weighted by atomic mass is 9.77. The van der Waals surface area contributed by atoms with Crippen LogP contribution in [0.1, 0.15) is 50.4 Å². The number of hydrogen-bond donors (Lipinski definition) is 1. The molecule has 0 bridgehead atoms. The molecule has 1 N–H and O–H groups in total. The first-order chi connectivity index (χ1) is 12.2. The second-order valence-electron chi connectivity index (χ2n) is 8.54. The maximum Gasteiger partial charge on any atom is 0.107 e. The van der Waals surface area contributed by atoms with E-state index in [0.29, 0.717) is 5.92 Å². The van der Waals surface area contributed by atoms with Crippen molar-refractivity contribution in [3.8, 4) is 0 Å². The SMILES string of the molecule is Cc1nc2ccccc2n1[C@H]1C[C@H]2CN(C3CCCC3)C[C@H]2C[C@@H]1O. The molecule has 2 aliphatic carbocycles. The molecule has 0 spiro atoms. The Bertz CT molecular complexity index is 764. The molecule has 3 aliphatic rings. The van der Waals surface area contributed by atoms with E-state index in [2.05, 4.69) is 34.6 Å². The van der Waals surface area contributed by atoms with Gasteiger partial charge in [-0.15, -0.1) is 0 Å². The smallest absolute Gasteiger partial charge is 0.107 e. The average Bonchev–Trinajstić information content (AvgIpc) is 3.31. The van der Waals surface area contributed by atoms with Crippen LogP contribution >= 0.6 is 0 Å². The standard InChI is InChI=1S/C21H29N3O/c1-14-22-18-8-4-5-9-19(18)24(14)20-10-15-12-23(17-6-2-3-7-17)13-16(15)11-21(20)25/h4-5,8-9,15-17,20-21,25H,2-3,6-7,10-13H2,1H3/t15-,16+,20-,21-/m0/s1. The van der Waals surface area contributed by atoms with E-state index in [1.54, 1.807) is 0 Å². The highest BCUT2D eigenvalue weighted by atomic mass is 16.3. The maximum absolute atomic E-state index is 11.0. The molecule has 2 aromatic rings. The third-order valence-corrected chi connectivity index (χ3v) is 7.08. The first kappa shape index (κ1) is 15.8. The van der Waals surface area contributed by atoms with Gasteiger partial charge in [-0.05, 0) is 56.6 Å². The quantitative estimate of drug-likeness (QED) is 0.910. The second kappa shape index (κ2) is 6.10. The first-order valence-electron chi connectivity index (χ1n) is 10.1. The van der Waals surface area contributed by atoms with Gasteiger partial charge in [-0.1, -0.05) is 25.0 Å². The van der Waals surface area contributed by atoms with Crippen LogP contribution in [0.5, 0.6) is 0 Å². The van der Waals surface area contributed by atoms with E-state index in [9.17, 15) is 5.11 Å². The number of para-hydroxylation sites is 2. The molecule has 2 saturated carbocycles. The number of fused-ring (bicyclic) bond motifs is 2. The summed E-state index contributed by atoms with van der Waals surface area (Å²) in [6, 6.07) is 9.34. The van der Waals surface area contributed by atoms with Gasteiger partial charge in [-0.2, -0.15) is 0 Å². The van der Waals surface area contributed by atoms with E-state index in [4.69, 9.17) is 4.98 Å². The van der Waals surface area contributed by atoms with Crippen LogP contribution in [0.4, 0.5) is 0 Å². The van der Waals surface area contributed by atoms with E-state index in [1.807, 2.05) is 6.07 Å². The van der Waals surface area contributed by atoms with Crippen molar-refractivity contribution in [2.45, 2.75) is 63.6 Å². The van der Waals surface area contributed by atoms with Crippen LogP contribution in [-0.2, 0) is 0 Å². The van der Waals surface area contributed by atoms with Crippen LogP contribution < -0.4 is 0 Å². The van der Waals surface area contributed by atoms with Crippen molar-refractivity contribution in [1.82, 2.24) is 14.5 Å². The summed E-state index contributed by atoms with van der Waals surface area (Å²) in [7, 11) is 0. The topological polar surface area (TPSA) is 41.3 Å². The summed E-state index contributed by atoms with van der Waals surface area (Å²) < 4.78 is 2.31. The molecule has 4 atom stereocenters. The molecule has 1 aliphatic heterocycles. The van der Waals surface area contributed by atoms with Gasteiger partial charge in [0.1, 0.15) is 5.82 Å². The lowest BCUT2D eigenvalue weighted by Crippen LogP contribution is -2.36. The third-order valence-electron chi connectivity index (χ3n) is 7.08. The van der Waals surface area contributed by atoms with Gasteiger partial charge < -0.3 is 9.67 Å². The molecule has 5 rings (SSSR count). The largest absolute Gasteiger partial charge is 0.391 e. The van der Waals surface area contributed by atoms with Gasteiger partial charge in [-0.25, -0.2) is 4.98 Å². The Morgan fingerprint density at radius 1 is 1.04 bits per heavy atom. The lowest BCUT2D eigenvalue weighted by Gasteiger charge is -2.36. The van der Waals surface area contributed by atoms with Gasteiger partial charge in [0.05, 0.1) is 23.2 Å². The number of imidazole rings is 1. The van der Waals surface area contributed by atoms with E-state index in [-0.39, 0.29) is 12.1 Å². The highest BCUT2D eigenvalue weighted by molar-refractivity contribution is 5.76. The molecule has 0 amide bonds. The average molecular weight is 339 g/mol. The maximum atomic E-state index is 11.0. The normalized spacial score (nSPS) is 34.0. The van der Waals surface area contributed by atoms with Gasteiger partial charge in [0.25, 0.3) is 0 Å². The van der Waals surface area contributed by atoms with Gasteiger partial charge in [0, 0.05) is 19.1 Å². The molecule has 2 heterocycles. The lowest BCUT2D eigenvalue weighted by molar-refractivity contribution is 0.0366. The predicted molar refractivity (Wildman–Crippen MR) is 99.6 cm³/mol. The van der Waals surface area contributed by atoms with E-state index in [1.165, 1.54) is 44.3 Å². The van der Waals surface area contributed by atoms with Crippen LogP contribution in [0.25, 0.3) is 11.0 Å². The summed E-state index contributed by atoms with van der Waals surface area (Å²) in [6.07, 6.45) is 7.37. The number of aryl methyl sites for hydroxylation is 1. The zero-order valence-electron chi connectivity index (χ0n) is 15.1. The Balaban J connectivity index is 1.41. The summed E-state index contributed by atoms with van der Waals surface area (Å²) in [6.45, 7) is 4.53. The van der Waals surface area contributed by atoms with Crippen molar-refractivity contribution in [3.05, 3.63) is 30.1 Å². The molecular weight excluding hydrogens is 310 g/mol. The van der Waals surface area contributed by atoms with Gasteiger partial charge in [0.2, 0.25) is 0 Å². The number of rotatable bonds is 2. The predicted octanol–water partition coefficient (Wildman–Crippen LogP) is 3.53. The zero-order chi connectivity index (χ0) is 17.0. The molecule has 1 aromatic carbocycles. The zero-order valence-corrected chi connectivity index (χ0v) is 15.1. The monoisotopic (exact) mass is 339 g/mol. The van der Waals surface area contributed by atoms with Crippen LogP contribution in [0.15, 0.2) is 24.3 Å². The molecule has 0 radical (unpaired) electrons. The summed E-state index contributed by atoms with van der Waals surface area (Å²) in [4.78, 5) is 7.47. The number of nitrogens with zero attached hydrogens (tertiary/aromatic N) is 3. The minimum Gasteiger partial charge on any atom is -0.391 e. The van der Waals surface area contributed by atoms with Crippen LogP contribution in [-0.4, -0.2) is 44.8 Å². The third kappa shape index (κ3) is 2.61. The van der Waals surface area contributed by atoms with E-state index in [0.717, 1.165) is 36.1 Å². The minimum absolute atomic E-state index is 0.178. The van der Waals surface area contributed by atoms with Crippen molar-refractivity contribution in [2.24, 2.45) is 11.8 Å². The van der Waals surface area contributed by atoms with Gasteiger partial charge in [-0.3, -0.25) is 4.90 Å². The molecule has 4 nitrogen and oxygen atoms in total. The number of benzene rings is 1. The van der Waals surface area contributed by atoms with Crippen molar-refractivity contribution < 1.29 is 5.11 Å². The minimum atomic E-state index is -0.249. The van der Waals surface area contributed by atoms with Crippen LogP contribution in [0, 0.1) is 18.8 Å². The second-order valence-corrected chi connectivity index (χ2v) is 8.54. The molecule has 1 saturated heterocycles.